The van der Waals surface area contributed by atoms with Gasteiger partial charge >= 0.3 is 0 Å². The molecular formula is C19H16N2O4S. The third-order valence-electron chi connectivity index (χ3n) is 3.77. The van der Waals surface area contributed by atoms with E-state index < -0.39 is 15.9 Å². The molecule has 7 heteroatoms. The van der Waals surface area contributed by atoms with Crippen molar-refractivity contribution in [2.45, 2.75) is 4.90 Å². The molecule has 0 aliphatic carbocycles. The molecule has 0 saturated heterocycles. The van der Waals surface area contributed by atoms with Crippen LogP contribution in [-0.4, -0.2) is 19.5 Å². The van der Waals surface area contributed by atoms with Gasteiger partial charge in [0.15, 0.2) is 0 Å². The van der Waals surface area contributed by atoms with Crippen molar-refractivity contribution in [2.75, 3.05) is 4.72 Å². The SMILES string of the molecule is O=C(/C=C/c1ccccc1S(=O)(=O)Nc1cccc2ccccc12)NO. The van der Waals surface area contributed by atoms with E-state index in [9.17, 15) is 13.2 Å². The third kappa shape index (κ3) is 3.74. The van der Waals surface area contributed by atoms with Crippen molar-refractivity contribution in [1.82, 2.24) is 5.48 Å². The van der Waals surface area contributed by atoms with E-state index in [2.05, 4.69) is 4.72 Å². The summed E-state index contributed by atoms with van der Waals surface area (Å²) in [6.45, 7) is 0. The van der Waals surface area contributed by atoms with Gasteiger partial charge in [-0.1, -0.05) is 54.6 Å². The number of hydrogen-bond donors (Lipinski definition) is 3. The van der Waals surface area contributed by atoms with Crippen LogP contribution in [0.2, 0.25) is 0 Å². The van der Waals surface area contributed by atoms with E-state index in [4.69, 9.17) is 5.21 Å². The van der Waals surface area contributed by atoms with E-state index in [0.29, 0.717) is 11.3 Å². The Bertz CT molecular complexity index is 1090. The lowest BCUT2D eigenvalue weighted by molar-refractivity contribution is -0.124. The Labute approximate surface area is 150 Å². The number of carbonyl (C=O) groups excluding carboxylic acids is 1. The van der Waals surface area contributed by atoms with Crippen LogP contribution in [0.3, 0.4) is 0 Å². The van der Waals surface area contributed by atoms with Gasteiger partial charge < -0.3 is 0 Å². The van der Waals surface area contributed by atoms with Crippen molar-refractivity contribution in [3.05, 3.63) is 78.4 Å². The first kappa shape index (κ1) is 17.7. The van der Waals surface area contributed by atoms with Crippen LogP contribution < -0.4 is 10.2 Å². The fraction of sp³-hybridized carbons (Fsp3) is 0. The van der Waals surface area contributed by atoms with Gasteiger partial charge in [0.2, 0.25) is 0 Å². The summed E-state index contributed by atoms with van der Waals surface area (Å²) in [6, 6.07) is 19.1. The highest BCUT2D eigenvalue weighted by atomic mass is 32.2. The summed E-state index contributed by atoms with van der Waals surface area (Å²) >= 11 is 0. The Morgan fingerprint density at radius 1 is 0.923 bits per heavy atom. The fourth-order valence-corrected chi connectivity index (χ4v) is 3.86. The van der Waals surface area contributed by atoms with Gasteiger partial charge in [-0.2, -0.15) is 0 Å². The van der Waals surface area contributed by atoms with Crippen LogP contribution in [0.1, 0.15) is 5.56 Å². The topological polar surface area (TPSA) is 95.5 Å². The lowest BCUT2D eigenvalue weighted by Crippen LogP contribution is -2.16. The highest BCUT2D eigenvalue weighted by Gasteiger charge is 2.18. The van der Waals surface area contributed by atoms with Crippen molar-refractivity contribution in [3.63, 3.8) is 0 Å². The monoisotopic (exact) mass is 368 g/mol. The molecule has 3 rings (SSSR count). The predicted molar refractivity (Wildman–Crippen MR) is 100 cm³/mol. The van der Waals surface area contributed by atoms with E-state index >= 15 is 0 Å². The average Bonchev–Trinajstić information content (AvgIpc) is 2.66. The summed E-state index contributed by atoms with van der Waals surface area (Å²) in [5.74, 6) is -0.751. The van der Waals surface area contributed by atoms with Crippen molar-refractivity contribution in [3.8, 4) is 0 Å². The number of hydroxylamine groups is 1. The van der Waals surface area contributed by atoms with E-state index in [1.54, 1.807) is 30.3 Å². The molecule has 0 aromatic heterocycles. The van der Waals surface area contributed by atoms with E-state index in [0.717, 1.165) is 16.8 Å². The first-order chi connectivity index (χ1) is 12.5. The zero-order chi connectivity index (χ0) is 18.6. The molecule has 3 aromatic rings. The molecule has 0 radical (unpaired) electrons. The van der Waals surface area contributed by atoms with Crippen LogP contribution in [0.4, 0.5) is 5.69 Å². The van der Waals surface area contributed by atoms with Crippen LogP contribution in [0, 0.1) is 0 Å². The van der Waals surface area contributed by atoms with Gasteiger partial charge in [-0.15, -0.1) is 0 Å². The van der Waals surface area contributed by atoms with Gasteiger partial charge in [0.05, 0.1) is 10.6 Å². The van der Waals surface area contributed by atoms with Crippen LogP contribution in [-0.2, 0) is 14.8 Å². The second-order valence-electron chi connectivity index (χ2n) is 5.48. The summed E-state index contributed by atoms with van der Waals surface area (Å²) < 4.78 is 28.4. The van der Waals surface area contributed by atoms with Crippen molar-refractivity contribution < 1.29 is 18.4 Å². The van der Waals surface area contributed by atoms with Crippen molar-refractivity contribution in [1.29, 1.82) is 0 Å². The summed E-state index contributed by atoms with van der Waals surface area (Å²) in [7, 11) is -3.89. The smallest absolute Gasteiger partial charge is 0.267 e. The third-order valence-corrected chi connectivity index (χ3v) is 5.21. The molecule has 132 valence electrons. The zero-order valence-electron chi connectivity index (χ0n) is 13.6. The van der Waals surface area contributed by atoms with E-state index in [1.807, 2.05) is 30.3 Å². The number of amides is 1. The maximum atomic E-state index is 12.9. The van der Waals surface area contributed by atoms with Gasteiger partial charge in [0.1, 0.15) is 0 Å². The molecule has 0 aliphatic rings. The van der Waals surface area contributed by atoms with Crippen LogP contribution in [0.25, 0.3) is 16.8 Å². The molecule has 6 nitrogen and oxygen atoms in total. The molecule has 1 amide bonds. The number of fused-ring (bicyclic) bond motifs is 1. The maximum absolute atomic E-state index is 12.9. The second-order valence-corrected chi connectivity index (χ2v) is 7.13. The molecule has 0 atom stereocenters. The van der Waals surface area contributed by atoms with Crippen molar-refractivity contribution in [2.24, 2.45) is 0 Å². The minimum atomic E-state index is -3.89. The molecule has 0 bridgehead atoms. The lowest BCUT2D eigenvalue weighted by atomic mass is 10.1. The Kier molecular flexibility index (Phi) is 5.01. The normalized spacial score (nSPS) is 11.6. The average molecular weight is 368 g/mol. The van der Waals surface area contributed by atoms with Crippen molar-refractivity contribution >= 4 is 38.5 Å². The molecular weight excluding hydrogens is 352 g/mol. The first-order valence-electron chi connectivity index (χ1n) is 7.73. The van der Waals surface area contributed by atoms with Gasteiger partial charge in [0, 0.05) is 11.5 Å². The van der Waals surface area contributed by atoms with Gasteiger partial charge in [-0.05, 0) is 29.2 Å². The number of benzene rings is 3. The van der Waals surface area contributed by atoms with Gasteiger partial charge in [-0.3, -0.25) is 14.7 Å². The lowest BCUT2D eigenvalue weighted by Gasteiger charge is -2.12. The number of sulfonamides is 1. The Balaban J connectivity index is 2.01. The predicted octanol–water partition coefficient (Wildman–Crippen LogP) is 3.16. The summed E-state index contributed by atoms with van der Waals surface area (Å²) in [4.78, 5) is 11.2. The number of rotatable bonds is 5. The molecule has 26 heavy (non-hydrogen) atoms. The molecule has 0 aliphatic heterocycles. The molecule has 0 heterocycles. The van der Waals surface area contributed by atoms with Crippen LogP contribution >= 0.6 is 0 Å². The van der Waals surface area contributed by atoms with Crippen LogP contribution in [0.15, 0.2) is 77.7 Å². The molecule has 3 aromatic carbocycles. The molecule has 0 unspecified atom stereocenters. The minimum absolute atomic E-state index is 0.0231. The van der Waals surface area contributed by atoms with E-state index in [-0.39, 0.29) is 4.90 Å². The van der Waals surface area contributed by atoms with E-state index in [1.165, 1.54) is 17.6 Å². The fourth-order valence-electron chi connectivity index (χ4n) is 2.58. The number of hydrogen-bond acceptors (Lipinski definition) is 4. The minimum Gasteiger partial charge on any atom is -0.288 e. The number of carbonyl (C=O) groups is 1. The Morgan fingerprint density at radius 3 is 2.42 bits per heavy atom. The molecule has 3 N–H and O–H groups in total. The van der Waals surface area contributed by atoms with Crippen LogP contribution in [0.5, 0.6) is 0 Å². The van der Waals surface area contributed by atoms with Gasteiger partial charge in [0.25, 0.3) is 15.9 Å². The highest BCUT2D eigenvalue weighted by molar-refractivity contribution is 7.92. The quantitative estimate of drug-likeness (QED) is 0.366. The number of nitrogens with one attached hydrogen (secondary N) is 2. The Morgan fingerprint density at radius 2 is 1.62 bits per heavy atom. The summed E-state index contributed by atoms with van der Waals surface area (Å²) in [6.07, 6.45) is 2.37. The molecule has 0 fully saturated rings. The number of anilines is 1. The summed E-state index contributed by atoms with van der Waals surface area (Å²) in [5, 5.41) is 10.3. The zero-order valence-corrected chi connectivity index (χ0v) is 14.4. The Hall–Kier alpha value is -3.16. The molecule has 0 saturated carbocycles. The first-order valence-corrected chi connectivity index (χ1v) is 9.21. The largest absolute Gasteiger partial charge is 0.288 e. The summed E-state index contributed by atoms with van der Waals surface area (Å²) in [5.41, 5.74) is 2.25. The maximum Gasteiger partial charge on any atom is 0.267 e. The second kappa shape index (κ2) is 7.38. The van der Waals surface area contributed by atoms with Gasteiger partial charge in [-0.25, -0.2) is 13.9 Å². The highest BCUT2D eigenvalue weighted by Crippen LogP contribution is 2.27. The standard InChI is InChI=1S/C19H16N2O4S/c22-19(20-23)13-12-15-7-2-4-11-18(15)26(24,25)21-17-10-5-8-14-6-1-3-9-16(14)17/h1-13,21,23H,(H,20,22)/b13-12+. The molecule has 0 spiro atoms.